The summed E-state index contributed by atoms with van der Waals surface area (Å²) in [6.45, 7) is 7.62. The Labute approximate surface area is 157 Å². The van der Waals surface area contributed by atoms with Crippen molar-refractivity contribution < 1.29 is 4.79 Å². The quantitative estimate of drug-likeness (QED) is 0.729. The molecule has 0 fully saturated rings. The monoisotopic (exact) mass is 414 g/mol. The van der Waals surface area contributed by atoms with Gasteiger partial charge in [0.15, 0.2) is 0 Å². The molecule has 24 heavy (non-hydrogen) atoms. The lowest BCUT2D eigenvalue weighted by Gasteiger charge is -2.13. The molecular formula is C17H24BrClN4O. The van der Waals surface area contributed by atoms with Crippen molar-refractivity contribution in [1.29, 1.82) is 0 Å². The van der Waals surface area contributed by atoms with Gasteiger partial charge in [-0.15, -0.1) is 12.4 Å². The molecule has 0 bridgehead atoms. The molecule has 0 saturated carbocycles. The maximum Gasteiger partial charge on any atom is 0.254 e. The van der Waals surface area contributed by atoms with Gasteiger partial charge in [-0.25, -0.2) is 4.68 Å². The van der Waals surface area contributed by atoms with Crippen LogP contribution in [0, 0.1) is 0 Å². The minimum Gasteiger partial charge on any atom is -0.350 e. The summed E-state index contributed by atoms with van der Waals surface area (Å²) in [6.07, 6.45) is 2.38. The Morgan fingerprint density at radius 2 is 1.96 bits per heavy atom. The molecule has 0 saturated heterocycles. The number of carbonyl (C=O) groups excluding carboxylic acids is 1. The Hall–Kier alpha value is -1.37. The van der Waals surface area contributed by atoms with Crippen molar-refractivity contribution in [3.8, 4) is 5.69 Å². The van der Waals surface area contributed by atoms with E-state index in [0.29, 0.717) is 12.1 Å². The number of halogens is 2. The van der Waals surface area contributed by atoms with Crippen LogP contribution in [-0.4, -0.2) is 34.8 Å². The Kier molecular flexibility index (Phi) is 8.45. The average molecular weight is 416 g/mol. The maximum absolute atomic E-state index is 12.4. The highest BCUT2D eigenvalue weighted by Crippen LogP contribution is 2.18. The summed E-state index contributed by atoms with van der Waals surface area (Å²) >= 11 is 3.43. The van der Waals surface area contributed by atoms with Gasteiger partial charge in [0.25, 0.3) is 5.91 Å². The summed E-state index contributed by atoms with van der Waals surface area (Å²) in [4.78, 5) is 12.4. The molecule has 0 aliphatic heterocycles. The van der Waals surface area contributed by atoms with Crippen molar-refractivity contribution >= 4 is 34.2 Å². The number of carbonyl (C=O) groups is 1. The molecule has 0 aliphatic carbocycles. The molecular weight excluding hydrogens is 392 g/mol. The first-order valence-electron chi connectivity index (χ1n) is 7.91. The number of rotatable bonds is 7. The molecule has 1 aromatic heterocycles. The van der Waals surface area contributed by atoms with Gasteiger partial charge in [-0.1, -0.05) is 29.8 Å². The van der Waals surface area contributed by atoms with Crippen molar-refractivity contribution in [2.75, 3.05) is 13.1 Å². The van der Waals surface area contributed by atoms with E-state index in [2.05, 4.69) is 45.5 Å². The lowest BCUT2D eigenvalue weighted by Crippen LogP contribution is -2.39. The molecule has 2 rings (SSSR count). The standard InChI is InChI=1S/C17H23BrN4O.ClH/c1-4-16-15(17(23)20-10-12(3)19-5-2)11-21-22(16)14-8-6-13(18)7-9-14;/h6-9,11-12,19H,4-5,10H2,1-3H3,(H,20,23);1H/t12-;/m1./s1. The molecule has 0 spiro atoms. The van der Waals surface area contributed by atoms with Gasteiger partial charge < -0.3 is 10.6 Å². The summed E-state index contributed by atoms with van der Waals surface area (Å²) < 4.78 is 2.84. The van der Waals surface area contributed by atoms with E-state index < -0.39 is 0 Å². The first-order valence-corrected chi connectivity index (χ1v) is 8.70. The largest absolute Gasteiger partial charge is 0.350 e. The zero-order valence-electron chi connectivity index (χ0n) is 14.2. The van der Waals surface area contributed by atoms with Crippen molar-refractivity contribution in [1.82, 2.24) is 20.4 Å². The average Bonchev–Trinajstić information content (AvgIpc) is 2.97. The van der Waals surface area contributed by atoms with Gasteiger partial charge >= 0.3 is 0 Å². The van der Waals surface area contributed by atoms with Gasteiger partial charge in [0, 0.05) is 17.1 Å². The van der Waals surface area contributed by atoms with Crippen LogP contribution in [0.4, 0.5) is 0 Å². The van der Waals surface area contributed by atoms with Gasteiger partial charge in [0.2, 0.25) is 0 Å². The van der Waals surface area contributed by atoms with Gasteiger partial charge in [-0.3, -0.25) is 4.79 Å². The van der Waals surface area contributed by atoms with E-state index >= 15 is 0 Å². The second-order valence-corrected chi connectivity index (χ2v) is 6.33. The van der Waals surface area contributed by atoms with Crippen molar-refractivity contribution in [2.45, 2.75) is 33.2 Å². The fourth-order valence-electron chi connectivity index (χ4n) is 2.47. The van der Waals surface area contributed by atoms with Crippen LogP contribution in [0.15, 0.2) is 34.9 Å². The third kappa shape index (κ3) is 5.06. The summed E-state index contributed by atoms with van der Waals surface area (Å²) in [5.41, 5.74) is 2.50. The highest BCUT2D eigenvalue weighted by molar-refractivity contribution is 9.10. The molecule has 2 aromatic rings. The summed E-state index contributed by atoms with van der Waals surface area (Å²) in [5.74, 6) is -0.0741. The minimum atomic E-state index is -0.0741. The number of nitrogens with zero attached hydrogens (tertiary/aromatic N) is 2. The SMILES string of the molecule is CCN[C@H](C)CNC(=O)c1cnn(-c2ccc(Br)cc2)c1CC.Cl. The van der Waals surface area contributed by atoms with Crippen LogP contribution in [0.5, 0.6) is 0 Å². The number of likely N-dealkylation sites (N-methyl/N-ethyl adjacent to an activating group) is 1. The molecule has 0 radical (unpaired) electrons. The number of benzene rings is 1. The molecule has 1 aromatic carbocycles. The molecule has 0 aliphatic rings. The van der Waals surface area contributed by atoms with Gasteiger partial charge in [0.1, 0.15) is 0 Å². The third-order valence-electron chi connectivity index (χ3n) is 3.64. The molecule has 1 amide bonds. The lowest BCUT2D eigenvalue weighted by molar-refractivity contribution is 0.0949. The van der Waals surface area contributed by atoms with E-state index in [4.69, 9.17) is 0 Å². The van der Waals surface area contributed by atoms with Crippen LogP contribution in [0.3, 0.4) is 0 Å². The number of hydrogen-bond donors (Lipinski definition) is 2. The van der Waals surface area contributed by atoms with Gasteiger partial charge in [-0.2, -0.15) is 5.10 Å². The summed E-state index contributed by atoms with van der Waals surface area (Å²) in [6, 6.07) is 8.13. The molecule has 132 valence electrons. The van der Waals surface area contributed by atoms with Crippen LogP contribution in [-0.2, 0) is 6.42 Å². The molecule has 7 heteroatoms. The Bertz CT molecular complexity index is 657. The predicted octanol–water partition coefficient (Wildman–Crippen LogP) is 3.35. The lowest BCUT2D eigenvalue weighted by atomic mass is 10.2. The summed E-state index contributed by atoms with van der Waals surface area (Å²) in [5, 5.41) is 10.6. The van der Waals surface area contributed by atoms with Gasteiger partial charge in [-0.05, 0) is 44.2 Å². The fraction of sp³-hybridized carbons (Fsp3) is 0.412. The number of amides is 1. The van der Waals surface area contributed by atoms with E-state index in [9.17, 15) is 4.79 Å². The first-order chi connectivity index (χ1) is 11.1. The topological polar surface area (TPSA) is 58.9 Å². The van der Waals surface area contributed by atoms with Crippen LogP contribution in [0.1, 0.15) is 36.8 Å². The van der Waals surface area contributed by atoms with Crippen molar-refractivity contribution in [3.05, 3.63) is 46.2 Å². The molecule has 1 heterocycles. The van der Waals surface area contributed by atoms with Gasteiger partial charge in [0.05, 0.1) is 23.1 Å². The Balaban J connectivity index is 0.00000288. The zero-order chi connectivity index (χ0) is 16.8. The predicted molar refractivity (Wildman–Crippen MR) is 103 cm³/mol. The molecule has 5 nitrogen and oxygen atoms in total. The van der Waals surface area contributed by atoms with E-state index in [1.165, 1.54) is 0 Å². The Morgan fingerprint density at radius 1 is 1.29 bits per heavy atom. The van der Waals surface area contributed by atoms with E-state index in [1.807, 2.05) is 35.9 Å². The van der Waals surface area contributed by atoms with Crippen LogP contribution >= 0.6 is 28.3 Å². The van der Waals surface area contributed by atoms with Crippen LogP contribution in [0.2, 0.25) is 0 Å². The van der Waals surface area contributed by atoms with E-state index in [0.717, 1.165) is 28.8 Å². The first kappa shape index (κ1) is 20.7. The van der Waals surface area contributed by atoms with Crippen molar-refractivity contribution in [2.24, 2.45) is 0 Å². The highest BCUT2D eigenvalue weighted by atomic mass is 79.9. The minimum absolute atomic E-state index is 0. The smallest absolute Gasteiger partial charge is 0.254 e. The zero-order valence-corrected chi connectivity index (χ0v) is 16.6. The van der Waals surface area contributed by atoms with Crippen LogP contribution in [0.25, 0.3) is 5.69 Å². The van der Waals surface area contributed by atoms with Crippen LogP contribution < -0.4 is 10.6 Å². The van der Waals surface area contributed by atoms with E-state index in [-0.39, 0.29) is 24.4 Å². The molecule has 2 N–H and O–H groups in total. The van der Waals surface area contributed by atoms with Crippen molar-refractivity contribution in [3.63, 3.8) is 0 Å². The number of aromatic nitrogens is 2. The highest BCUT2D eigenvalue weighted by Gasteiger charge is 2.17. The third-order valence-corrected chi connectivity index (χ3v) is 4.17. The normalized spacial score (nSPS) is 11.7. The maximum atomic E-state index is 12.4. The number of hydrogen-bond acceptors (Lipinski definition) is 3. The number of nitrogens with one attached hydrogen (secondary N) is 2. The Morgan fingerprint density at radius 3 is 2.54 bits per heavy atom. The second-order valence-electron chi connectivity index (χ2n) is 5.42. The molecule has 1 atom stereocenters. The second kappa shape index (κ2) is 9.81. The summed E-state index contributed by atoms with van der Waals surface area (Å²) in [7, 11) is 0. The molecule has 0 unspecified atom stereocenters. The van der Waals surface area contributed by atoms with E-state index in [1.54, 1.807) is 6.20 Å². The fourth-order valence-corrected chi connectivity index (χ4v) is 2.73.